The number of rotatable bonds is 2. The molecule has 0 saturated carbocycles. The molecule has 1 N–H and O–H groups in total. The van der Waals surface area contributed by atoms with Crippen molar-refractivity contribution < 1.29 is 4.79 Å². The Morgan fingerprint density at radius 3 is 2.95 bits per heavy atom. The summed E-state index contributed by atoms with van der Waals surface area (Å²) < 4.78 is 1.02. The first-order valence-corrected chi connectivity index (χ1v) is 7.46. The van der Waals surface area contributed by atoms with Gasteiger partial charge in [0.05, 0.1) is 0 Å². The second-order valence-electron chi connectivity index (χ2n) is 4.84. The van der Waals surface area contributed by atoms with Gasteiger partial charge in [0.15, 0.2) is 0 Å². The van der Waals surface area contributed by atoms with Crippen LogP contribution in [0.3, 0.4) is 0 Å². The van der Waals surface area contributed by atoms with Gasteiger partial charge >= 0.3 is 6.03 Å². The molecule has 2 rings (SSSR count). The van der Waals surface area contributed by atoms with Crippen LogP contribution >= 0.6 is 15.9 Å². The van der Waals surface area contributed by atoms with Crippen LogP contribution in [0.1, 0.15) is 31.7 Å². The van der Waals surface area contributed by atoms with Crippen molar-refractivity contribution in [2.45, 2.75) is 32.2 Å². The Labute approximate surface area is 122 Å². The third kappa shape index (κ3) is 3.83. The van der Waals surface area contributed by atoms with Crippen LogP contribution in [0, 0.1) is 0 Å². The summed E-state index contributed by atoms with van der Waals surface area (Å²) in [6.07, 6.45) is 7.03. The van der Waals surface area contributed by atoms with Crippen LogP contribution < -0.4 is 5.32 Å². The van der Waals surface area contributed by atoms with Crippen LogP contribution in [0.5, 0.6) is 0 Å². The number of hydrogen-bond acceptors (Lipinski definition) is 1. The molecule has 3 nitrogen and oxygen atoms in total. The molecular formula is C15H19BrN2O. The molecule has 4 heteroatoms. The lowest BCUT2D eigenvalue weighted by atomic mass is 10.0. The van der Waals surface area contributed by atoms with Gasteiger partial charge in [0.2, 0.25) is 0 Å². The highest BCUT2D eigenvalue weighted by Crippen LogP contribution is 2.18. The average molecular weight is 323 g/mol. The van der Waals surface area contributed by atoms with Gasteiger partial charge in [-0.05, 0) is 43.9 Å². The molecule has 1 aliphatic heterocycles. The third-order valence-electron chi connectivity index (χ3n) is 3.44. The van der Waals surface area contributed by atoms with Crippen molar-refractivity contribution in [2.24, 2.45) is 0 Å². The van der Waals surface area contributed by atoms with E-state index in [0.717, 1.165) is 29.4 Å². The van der Waals surface area contributed by atoms with E-state index in [4.69, 9.17) is 0 Å². The molecule has 0 spiro atoms. The minimum atomic E-state index is -0.00416. The fourth-order valence-corrected chi connectivity index (χ4v) is 2.71. The van der Waals surface area contributed by atoms with E-state index in [9.17, 15) is 4.79 Å². The van der Waals surface area contributed by atoms with E-state index in [2.05, 4.69) is 28.2 Å². The minimum Gasteiger partial charge on any atom is -0.322 e. The Bertz CT molecular complexity index is 473. The molecule has 1 unspecified atom stereocenters. The lowest BCUT2D eigenvalue weighted by Crippen LogP contribution is -2.46. The Morgan fingerprint density at radius 1 is 1.42 bits per heavy atom. The SMILES string of the molecule is CC1CCCCN1C(=O)N/C=C/c1ccccc1Br. The molecule has 0 aliphatic carbocycles. The Hall–Kier alpha value is -1.29. The van der Waals surface area contributed by atoms with Crippen LogP contribution in [0.15, 0.2) is 34.9 Å². The number of nitrogens with one attached hydrogen (secondary N) is 1. The monoisotopic (exact) mass is 322 g/mol. The molecular weight excluding hydrogens is 304 g/mol. The van der Waals surface area contributed by atoms with Crippen LogP contribution in [0.2, 0.25) is 0 Å². The molecule has 19 heavy (non-hydrogen) atoms. The van der Waals surface area contributed by atoms with Crippen molar-refractivity contribution in [1.29, 1.82) is 0 Å². The fourth-order valence-electron chi connectivity index (χ4n) is 2.30. The highest BCUT2D eigenvalue weighted by molar-refractivity contribution is 9.10. The number of piperidine rings is 1. The summed E-state index contributed by atoms with van der Waals surface area (Å²) in [6, 6.07) is 8.25. The molecule has 1 aromatic rings. The normalized spacial score (nSPS) is 19.7. The van der Waals surface area contributed by atoms with Gasteiger partial charge in [-0.3, -0.25) is 0 Å². The van der Waals surface area contributed by atoms with Gasteiger partial charge in [-0.2, -0.15) is 0 Å². The van der Waals surface area contributed by atoms with E-state index in [1.807, 2.05) is 35.2 Å². The van der Waals surface area contributed by atoms with Gasteiger partial charge in [-0.25, -0.2) is 4.79 Å². The summed E-state index contributed by atoms with van der Waals surface area (Å²) in [4.78, 5) is 13.9. The van der Waals surface area contributed by atoms with Crippen LogP contribution in [-0.4, -0.2) is 23.5 Å². The second kappa shape index (κ2) is 6.75. The molecule has 102 valence electrons. The Morgan fingerprint density at radius 2 is 2.21 bits per heavy atom. The van der Waals surface area contributed by atoms with E-state index in [1.165, 1.54) is 6.42 Å². The van der Waals surface area contributed by atoms with Crippen LogP contribution in [0.4, 0.5) is 4.79 Å². The first-order valence-electron chi connectivity index (χ1n) is 6.66. The highest BCUT2D eigenvalue weighted by atomic mass is 79.9. The molecule has 1 atom stereocenters. The largest absolute Gasteiger partial charge is 0.322 e. The zero-order valence-electron chi connectivity index (χ0n) is 11.1. The number of hydrogen-bond donors (Lipinski definition) is 1. The minimum absolute atomic E-state index is 0.00416. The molecule has 1 heterocycles. The molecule has 1 fully saturated rings. The summed E-state index contributed by atoms with van der Waals surface area (Å²) in [5.41, 5.74) is 1.05. The van der Waals surface area contributed by atoms with E-state index >= 15 is 0 Å². The first kappa shape index (κ1) is 14.1. The summed E-state index contributed by atoms with van der Waals surface area (Å²) >= 11 is 3.48. The number of carbonyl (C=O) groups is 1. The predicted molar refractivity (Wildman–Crippen MR) is 81.7 cm³/mol. The third-order valence-corrected chi connectivity index (χ3v) is 4.16. The summed E-state index contributed by atoms with van der Waals surface area (Å²) in [5, 5.41) is 2.84. The Kier molecular flexibility index (Phi) is 5.02. The molecule has 2 amide bonds. The van der Waals surface area contributed by atoms with Crippen molar-refractivity contribution in [3.63, 3.8) is 0 Å². The maximum absolute atomic E-state index is 12.0. The van der Waals surface area contributed by atoms with Crippen LogP contribution in [0.25, 0.3) is 6.08 Å². The standard InChI is InChI=1S/C15H19BrN2O/c1-12-6-4-5-11-18(12)15(19)17-10-9-13-7-2-3-8-14(13)16/h2-3,7-10,12H,4-6,11H2,1H3,(H,17,19)/b10-9+. The number of benzene rings is 1. The zero-order chi connectivity index (χ0) is 13.7. The van der Waals surface area contributed by atoms with Crippen LogP contribution in [-0.2, 0) is 0 Å². The number of halogens is 1. The number of amides is 2. The van der Waals surface area contributed by atoms with Gasteiger partial charge in [0.25, 0.3) is 0 Å². The molecule has 0 bridgehead atoms. The van der Waals surface area contributed by atoms with Crippen molar-refractivity contribution in [3.8, 4) is 0 Å². The van der Waals surface area contributed by atoms with E-state index < -0.39 is 0 Å². The molecule has 0 radical (unpaired) electrons. The highest BCUT2D eigenvalue weighted by Gasteiger charge is 2.22. The number of nitrogens with zero attached hydrogens (tertiary/aromatic N) is 1. The second-order valence-corrected chi connectivity index (χ2v) is 5.70. The fraction of sp³-hybridized carbons (Fsp3) is 0.400. The molecule has 1 saturated heterocycles. The molecule has 1 aliphatic rings. The maximum Gasteiger partial charge on any atom is 0.321 e. The lowest BCUT2D eigenvalue weighted by molar-refractivity contribution is 0.161. The Balaban J connectivity index is 1.91. The summed E-state index contributed by atoms with van der Waals surface area (Å²) in [5.74, 6) is 0. The van der Waals surface area contributed by atoms with Crippen molar-refractivity contribution in [1.82, 2.24) is 10.2 Å². The van der Waals surface area contributed by atoms with Crippen molar-refractivity contribution in [3.05, 3.63) is 40.5 Å². The van der Waals surface area contributed by atoms with Crippen molar-refractivity contribution in [2.75, 3.05) is 6.54 Å². The van der Waals surface area contributed by atoms with E-state index in [0.29, 0.717) is 6.04 Å². The summed E-state index contributed by atoms with van der Waals surface area (Å²) in [7, 11) is 0. The maximum atomic E-state index is 12.0. The topological polar surface area (TPSA) is 32.3 Å². The van der Waals surface area contributed by atoms with Crippen molar-refractivity contribution >= 4 is 28.0 Å². The quantitative estimate of drug-likeness (QED) is 0.876. The molecule has 1 aromatic carbocycles. The molecule has 0 aromatic heterocycles. The van der Waals surface area contributed by atoms with Gasteiger partial charge in [-0.1, -0.05) is 34.1 Å². The van der Waals surface area contributed by atoms with Gasteiger partial charge < -0.3 is 10.2 Å². The van der Waals surface area contributed by atoms with E-state index in [-0.39, 0.29) is 6.03 Å². The van der Waals surface area contributed by atoms with Gasteiger partial charge in [-0.15, -0.1) is 0 Å². The average Bonchev–Trinajstić information content (AvgIpc) is 2.41. The summed E-state index contributed by atoms with van der Waals surface area (Å²) in [6.45, 7) is 2.96. The van der Waals surface area contributed by atoms with Gasteiger partial charge in [0, 0.05) is 23.3 Å². The number of carbonyl (C=O) groups excluding carboxylic acids is 1. The zero-order valence-corrected chi connectivity index (χ0v) is 12.7. The number of urea groups is 1. The van der Waals surface area contributed by atoms with Gasteiger partial charge in [0.1, 0.15) is 0 Å². The van der Waals surface area contributed by atoms with E-state index in [1.54, 1.807) is 6.20 Å². The number of likely N-dealkylation sites (tertiary alicyclic amines) is 1. The smallest absolute Gasteiger partial charge is 0.321 e. The lowest BCUT2D eigenvalue weighted by Gasteiger charge is -2.32. The predicted octanol–water partition coefficient (Wildman–Crippen LogP) is 4.00. The first-order chi connectivity index (χ1) is 9.18.